The summed E-state index contributed by atoms with van der Waals surface area (Å²) in [6.07, 6.45) is 1.12. The van der Waals surface area contributed by atoms with Crippen LogP contribution in [0.3, 0.4) is 0 Å². The second-order valence-corrected chi connectivity index (χ2v) is 4.71. The van der Waals surface area contributed by atoms with Crippen molar-refractivity contribution in [2.24, 2.45) is 4.99 Å². The second kappa shape index (κ2) is 8.91. The fraction of sp³-hybridized carbons (Fsp3) is 0.154. The summed E-state index contributed by atoms with van der Waals surface area (Å²) >= 11 is 11.9. The fourth-order valence-corrected chi connectivity index (χ4v) is 1.84. The highest BCUT2D eigenvalue weighted by molar-refractivity contribution is 6.38. The summed E-state index contributed by atoms with van der Waals surface area (Å²) < 4.78 is 0. The Morgan fingerprint density at radius 1 is 1.05 bits per heavy atom. The Bertz CT molecular complexity index is 573. The van der Waals surface area contributed by atoms with E-state index in [-0.39, 0.29) is 0 Å². The van der Waals surface area contributed by atoms with Gasteiger partial charge < -0.3 is 20.8 Å². The highest BCUT2D eigenvalue weighted by atomic mass is 35.5. The quantitative estimate of drug-likeness (QED) is 0.622. The van der Waals surface area contributed by atoms with Crippen LogP contribution in [0, 0.1) is 0 Å². The fourth-order valence-electron chi connectivity index (χ4n) is 1.35. The molecular weight excluding hydrogens is 333 g/mol. The van der Waals surface area contributed by atoms with Crippen molar-refractivity contribution in [3.05, 3.63) is 40.4 Å². The molecule has 2 rings (SSSR count). The van der Waals surface area contributed by atoms with Gasteiger partial charge in [0.05, 0.1) is 10.0 Å². The molecule has 1 aliphatic heterocycles. The summed E-state index contributed by atoms with van der Waals surface area (Å²) in [6.45, 7) is 1.75. The number of carbonyl (C=O) groups is 2. The van der Waals surface area contributed by atoms with E-state index in [2.05, 4.69) is 15.6 Å². The van der Waals surface area contributed by atoms with Gasteiger partial charge in [0.2, 0.25) is 0 Å². The Labute approximate surface area is 136 Å². The lowest BCUT2D eigenvalue weighted by molar-refractivity contribution is -0.134. The number of hydrogen-bond acceptors (Lipinski definition) is 3. The zero-order valence-corrected chi connectivity index (χ0v) is 12.7. The average Bonchev–Trinajstić information content (AvgIpc) is 2.95. The molecule has 0 saturated carbocycles. The third-order valence-corrected chi connectivity index (χ3v) is 2.85. The van der Waals surface area contributed by atoms with Crippen LogP contribution in [0.1, 0.15) is 0 Å². The molecule has 0 spiro atoms. The highest BCUT2D eigenvalue weighted by Crippen LogP contribution is 2.32. The van der Waals surface area contributed by atoms with E-state index in [0.29, 0.717) is 27.9 Å². The van der Waals surface area contributed by atoms with Gasteiger partial charge in [0.15, 0.2) is 5.96 Å². The number of benzene rings is 1. The van der Waals surface area contributed by atoms with E-state index in [1.165, 1.54) is 0 Å². The Morgan fingerprint density at radius 3 is 1.91 bits per heavy atom. The molecule has 1 aliphatic rings. The summed E-state index contributed by atoms with van der Waals surface area (Å²) in [6, 6.07) is 5.33. The molecule has 0 atom stereocenters. The van der Waals surface area contributed by atoms with Crippen molar-refractivity contribution < 1.29 is 19.8 Å². The van der Waals surface area contributed by atoms with Gasteiger partial charge >= 0.3 is 11.9 Å². The van der Waals surface area contributed by atoms with Gasteiger partial charge in [0.1, 0.15) is 5.69 Å². The maximum atomic E-state index is 9.55. The summed E-state index contributed by atoms with van der Waals surface area (Å²) in [5, 5.41) is 22.9. The van der Waals surface area contributed by atoms with E-state index in [1.807, 2.05) is 0 Å². The Morgan fingerprint density at radius 2 is 1.50 bits per heavy atom. The first-order chi connectivity index (χ1) is 10.4. The Kier molecular flexibility index (Phi) is 7.21. The molecule has 1 heterocycles. The third-order valence-electron chi connectivity index (χ3n) is 2.24. The SMILES string of the molecule is Clc1cccc(Cl)c1N=C1NCCN1.O=C(O)/C=C/C(=O)O. The van der Waals surface area contributed by atoms with Crippen LogP contribution in [0.15, 0.2) is 35.3 Å². The minimum atomic E-state index is -1.26. The Balaban J connectivity index is 0.000000261. The summed E-state index contributed by atoms with van der Waals surface area (Å²) in [4.78, 5) is 23.4. The van der Waals surface area contributed by atoms with Crippen molar-refractivity contribution in [2.45, 2.75) is 0 Å². The number of aliphatic imine (C=N–C) groups is 1. The second-order valence-electron chi connectivity index (χ2n) is 3.89. The molecule has 1 aromatic carbocycles. The van der Waals surface area contributed by atoms with Crippen LogP contribution in [0.5, 0.6) is 0 Å². The largest absolute Gasteiger partial charge is 0.478 e. The van der Waals surface area contributed by atoms with Gasteiger partial charge in [-0.25, -0.2) is 14.6 Å². The van der Waals surface area contributed by atoms with Gasteiger partial charge in [-0.15, -0.1) is 0 Å². The zero-order valence-electron chi connectivity index (χ0n) is 11.2. The number of guanidine groups is 1. The number of nitrogens with zero attached hydrogens (tertiary/aromatic N) is 1. The van der Waals surface area contributed by atoms with Gasteiger partial charge in [-0.2, -0.15) is 0 Å². The van der Waals surface area contributed by atoms with Gasteiger partial charge in [-0.1, -0.05) is 29.3 Å². The van der Waals surface area contributed by atoms with E-state index >= 15 is 0 Å². The Hall–Kier alpha value is -2.25. The van der Waals surface area contributed by atoms with E-state index < -0.39 is 11.9 Å². The van der Waals surface area contributed by atoms with Gasteiger partial charge in [0.25, 0.3) is 0 Å². The van der Waals surface area contributed by atoms with Crippen LogP contribution in [-0.2, 0) is 9.59 Å². The zero-order chi connectivity index (χ0) is 16.5. The number of hydrogen-bond donors (Lipinski definition) is 4. The first kappa shape index (κ1) is 17.8. The molecule has 0 amide bonds. The number of aliphatic carboxylic acids is 2. The van der Waals surface area contributed by atoms with Crippen molar-refractivity contribution in [3.63, 3.8) is 0 Å². The average molecular weight is 346 g/mol. The van der Waals surface area contributed by atoms with E-state index in [4.69, 9.17) is 33.4 Å². The van der Waals surface area contributed by atoms with E-state index in [9.17, 15) is 9.59 Å². The van der Waals surface area contributed by atoms with Crippen molar-refractivity contribution in [2.75, 3.05) is 13.1 Å². The molecule has 9 heteroatoms. The maximum Gasteiger partial charge on any atom is 0.328 e. The van der Waals surface area contributed by atoms with Crippen LogP contribution in [0.4, 0.5) is 5.69 Å². The van der Waals surface area contributed by atoms with Crippen LogP contribution < -0.4 is 10.6 Å². The number of para-hydroxylation sites is 1. The standard InChI is InChI=1S/C9H9Cl2N3.C4H4O4/c10-6-2-1-3-7(11)8(6)14-9-12-4-5-13-9;5-3(6)1-2-4(7)8/h1-3H,4-5H2,(H2,12,13,14);1-2H,(H,5,6)(H,7,8)/b;2-1+. The third kappa shape index (κ3) is 6.47. The molecule has 22 heavy (non-hydrogen) atoms. The number of carboxylic acid groups (broad SMARTS) is 2. The number of rotatable bonds is 3. The van der Waals surface area contributed by atoms with Crippen LogP contribution in [0.25, 0.3) is 0 Å². The van der Waals surface area contributed by atoms with Crippen LogP contribution >= 0.6 is 23.2 Å². The van der Waals surface area contributed by atoms with Gasteiger partial charge in [0, 0.05) is 25.2 Å². The minimum Gasteiger partial charge on any atom is -0.478 e. The molecule has 118 valence electrons. The molecular formula is C13H13Cl2N3O4. The molecule has 0 aliphatic carbocycles. The predicted molar refractivity (Wildman–Crippen MR) is 84.0 cm³/mol. The molecule has 1 aromatic rings. The predicted octanol–water partition coefficient (Wildman–Crippen LogP) is 1.89. The van der Waals surface area contributed by atoms with Crippen molar-refractivity contribution in [1.82, 2.24) is 10.6 Å². The number of halogens is 2. The lowest BCUT2D eigenvalue weighted by Gasteiger charge is -2.02. The summed E-state index contributed by atoms with van der Waals surface area (Å²) in [7, 11) is 0. The van der Waals surface area contributed by atoms with E-state index in [0.717, 1.165) is 19.0 Å². The minimum absolute atomic E-state index is 0.556. The van der Waals surface area contributed by atoms with Gasteiger partial charge in [-0.3, -0.25) is 0 Å². The first-order valence-corrected chi connectivity index (χ1v) is 6.80. The molecule has 0 bridgehead atoms. The molecule has 1 saturated heterocycles. The topological polar surface area (TPSA) is 111 Å². The molecule has 4 N–H and O–H groups in total. The molecule has 1 fully saturated rings. The molecule has 0 radical (unpaired) electrons. The van der Waals surface area contributed by atoms with Crippen molar-refractivity contribution in [1.29, 1.82) is 0 Å². The van der Waals surface area contributed by atoms with Crippen molar-refractivity contribution >= 4 is 46.8 Å². The van der Waals surface area contributed by atoms with Gasteiger partial charge in [-0.05, 0) is 12.1 Å². The monoisotopic (exact) mass is 345 g/mol. The lowest BCUT2D eigenvalue weighted by atomic mass is 10.3. The molecule has 0 unspecified atom stereocenters. The van der Waals surface area contributed by atoms with Crippen LogP contribution in [0.2, 0.25) is 10.0 Å². The van der Waals surface area contributed by atoms with Crippen LogP contribution in [-0.4, -0.2) is 41.2 Å². The highest BCUT2D eigenvalue weighted by Gasteiger charge is 2.09. The molecule has 7 nitrogen and oxygen atoms in total. The molecule has 0 aromatic heterocycles. The van der Waals surface area contributed by atoms with Crippen molar-refractivity contribution in [3.8, 4) is 0 Å². The summed E-state index contributed by atoms with van der Waals surface area (Å²) in [5.41, 5.74) is 0.604. The smallest absolute Gasteiger partial charge is 0.328 e. The van der Waals surface area contributed by atoms with E-state index in [1.54, 1.807) is 18.2 Å². The maximum absolute atomic E-state index is 9.55. The summed E-state index contributed by atoms with van der Waals surface area (Å²) in [5.74, 6) is -1.79. The first-order valence-electron chi connectivity index (χ1n) is 6.04. The number of nitrogens with one attached hydrogen (secondary N) is 2. The number of carboxylic acids is 2. The normalized spacial score (nSPS) is 12.9. The lowest BCUT2D eigenvalue weighted by Crippen LogP contribution is -2.23.